The van der Waals surface area contributed by atoms with Crippen molar-refractivity contribution in [1.29, 1.82) is 0 Å². The number of para-hydroxylation sites is 1. The molecule has 0 unspecified atom stereocenters. The molecule has 0 radical (unpaired) electrons. The average molecular weight is 265 g/mol. The molecule has 5 nitrogen and oxygen atoms in total. The predicted octanol–water partition coefficient (Wildman–Crippen LogP) is 2.72. The number of phenolic OH excluding ortho intramolecular Hbond substituents is 1. The number of hydrogen-bond donors (Lipinski definition) is 3. The highest BCUT2D eigenvalue weighted by Crippen LogP contribution is 2.49. The van der Waals surface area contributed by atoms with E-state index in [4.69, 9.17) is 4.74 Å². The Morgan fingerprint density at radius 1 is 1.37 bits per heavy atom. The van der Waals surface area contributed by atoms with Gasteiger partial charge in [-0.15, -0.1) is 0 Å². The fraction of sp³-hybridized carbons (Fsp3) is 0.500. The first kappa shape index (κ1) is 13.7. The van der Waals surface area contributed by atoms with Gasteiger partial charge >= 0.3 is 6.09 Å². The number of ether oxygens (including phenoxy) is 1. The summed E-state index contributed by atoms with van der Waals surface area (Å²) < 4.78 is 5.14. The molecule has 1 amide bonds. The maximum Gasteiger partial charge on any atom is 0.412 e. The number of carbonyl (C=O) groups is 1. The smallest absolute Gasteiger partial charge is 0.412 e. The highest BCUT2D eigenvalue weighted by atomic mass is 16.6. The van der Waals surface area contributed by atoms with Gasteiger partial charge in [-0.3, -0.25) is 5.32 Å². The second kappa shape index (κ2) is 4.42. The van der Waals surface area contributed by atoms with Crippen LogP contribution < -0.4 is 5.32 Å². The van der Waals surface area contributed by atoms with Crippen LogP contribution in [0.5, 0.6) is 5.75 Å². The molecule has 1 aromatic rings. The minimum absolute atomic E-state index is 0.0799. The van der Waals surface area contributed by atoms with E-state index in [1.807, 2.05) is 0 Å². The Bertz CT molecular complexity index is 501. The lowest BCUT2D eigenvalue weighted by atomic mass is 10.0. The van der Waals surface area contributed by atoms with E-state index in [0.29, 0.717) is 18.4 Å². The van der Waals surface area contributed by atoms with Gasteiger partial charge in [0.1, 0.15) is 11.4 Å². The lowest BCUT2D eigenvalue weighted by molar-refractivity contribution is 0.0634. The first-order valence-corrected chi connectivity index (χ1v) is 6.26. The van der Waals surface area contributed by atoms with E-state index in [-0.39, 0.29) is 11.4 Å². The Balaban J connectivity index is 2.22. The third-order valence-electron chi connectivity index (χ3n) is 2.89. The van der Waals surface area contributed by atoms with E-state index in [1.165, 1.54) is 6.07 Å². The molecular formula is C14H19NO4. The second-order valence-electron chi connectivity index (χ2n) is 5.86. The van der Waals surface area contributed by atoms with Gasteiger partial charge < -0.3 is 14.9 Å². The van der Waals surface area contributed by atoms with E-state index in [0.717, 1.165) is 0 Å². The van der Waals surface area contributed by atoms with Crippen molar-refractivity contribution in [3.8, 4) is 5.75 Å². The molecule has 1 aliphatic carbocycles. The van der Waals surface area contributed by atoms with Gasteiger partial charge in [0.05, 0.1) is 11.3 Å². The first-order chi connectivity index (χ1) is 8.71. The summed E-state index contributed by atoms with van der Waals surface area (Å²) in [5.74, 6) is -0.0799. The fourth-order valence-corrected chi connectivity index (χ4v) is 1.85. The van der Waals surface area contributed by atoms with Crippen molar-refractivity contribution in [2.75, 3.05) is 5.32 Å². The summed E-state index contributed by atoms with van der Waals surface area (Å²) in [6.07, 6.45) is 0.596. The molecule has 0 atom stereocenters. The summed E-state index contributed by atoms with van der Waals surface area (Å²) >= 11 is 0. The number of hydrogen-bond acceptors (Lipinski definition) is 4. The van der Waals surface area contributed by atoms with Crippen molar-refractivity contribution in [3.05, 3.63) is 23.8 Å². The molecule has 0 bridgehead atoms. The van der Waals surface area contributed by atoms with Crippen molar-refractivity contribution in [2.24, 2.45) is 0 Å². The number of nitrogens with one attached hydrogen (secondary N) is 1. The summed E-state index contributed by atoms with van der Waals surface area (Å²) in [6.45, 7) is 5.27. The van der Waals surface area contributed by atoms with Gasteiger partial charge in [-0.1, -0.05) is 12.1 Å². The summed E-state index contributed by atoms with van der Waals surface area (Å²) in [6, 6.07) is 4.79. The second-order valence-corrected chi connectivity index (χ2v) is 5.86. The average Bonchev–Trinajstić information content (AvgIpc) is 2.98. The van der Waals surface area contributed by atoms with Gasteiger partial charge in [-0.05, 0) is 39.7 Å². The van der Waals surface area contributed by atoms with Crippen molar-refractivity contribution in [1.82, 2.24) is 0 Å². The van der Waals surface area contributed by atoms with Crippen molar-refractivity contribution < 1.29 is 19.7 Å². The number of aromatic hydroxyl groups is 1. The first-order valence-electron chi connectivity index (χ1n) is 6.26. The predicted molar refractivity (Wildman–Crippen MR) is 71.1 cm³/mol. The largest absolute Gasteiger partial charge is 0.506 e. The molecule has 1 aromatic carbocycles. The molecule has 5 heteroatoms. The number of rotatable bonds is 2. The van der Waals surface area contributed by atoms with E-state index in [9.17, 15) is 15.0 Å². The van der Waals surface area contributed by atoms with Crippen LogP contribution in [0.4, 0.5) is 10.5 Å². The number of carbonyl (C=O) groups excluding carboxylic acids is 1. The van der Waals surface area contributed by atoms with Crippen molar-refractivity contribution in [3.63, 3.8) is 0 Å². The molecule has 104 valence electrons. The van der Waals surface area contributed by atoms with Gasteiger partial charge in [0.25, 0.3) is 0 Å². The SMILES string of the molecule is CC(C)(C)OC(=O)Nc1c(O)cccc1C1(O)CC1. The minimum Gasteiger partial charge on any atom is -0.506 e. The molecular weight excluding hydrogens is 246 g/mol. The lowest BCUT2D eigenvalue weighted by Crippen LogP contribution is -2.28. The molecule has 0 spiro atoms. The van der Waals surface area contributed by atoms with Gasteiger partial charge in [0, 0.05) is 5.56 Å². The maximum absolute atomic E-state index is 11.8. The molecule has 1 aliphatic rings. The molecule has 1 saturated carbocycles. The van der Waals surface area contributed by atoms with E-state index < -0.39 is 17.3 Å². The number of aliphatic hydroxyl groups is 1. The lowest BCUT2D eigenvalue weighted by Gasteiger charge is -2.21. The fourth-order valence-electron chi connectivity index (χ4n) is 1.85. The highest BCUT2D eigenvalue weighted by molar-refractivity contribution is 5.88. The Morgan fingerprint density at radius 3 is 2.53 bits per heavy atom. The van der Waals surface area contributed by atoms with Gasteiger partial charge in [-0.25, -0.2) is 4.79 Å². The van der Waals surface area contributed by atoms with Crippen molar-refractivity contribution >= 4 is 11.8 Å². The highest BCUT2D eigenvalue weighted by Gasteiger charge is 2.44. The van der Waals surface area contributed by atoms with Crippen LogP contribution in [0.2, 0.25) is 0 Å². The van der Waals surface area contributed by atoms with E-state index in [1.54, 1.807) is 32.9 Å². The zero-order valence-corrected chi connectivity index (χ0v) is 11.4. The third kappa shape index (κ3) is 3.17. The van der Waals surface area contributed by atoms with Gasteiger partial charge in [-0.2, -0.15) is 0 Å². The van der Waals surface area contributed by atoms with Crippen LogP contribution in [0.25, 0.3) is 0 Å². The van der Waals surface area contributed by atoms with Crippen LogP contribution in [0.15, 0.2) is 18.2 Å². The Hall–Kier alpha value is -1.75. The zero-order valence-electron chi connectivity index (χ0n) is 11.4. The summed E-state index contributed by atoms with van der Waals surface area (Å²) in [5, 5.41) is 22.5. The van der Waals surface area contributed by atoms with Gasteiger partial charge in [0.2, 0.25) is 0 Å². The van der Waals surface area contributed by atoms with Crippen molar-refractivity contribution in [2.45, 2.75) is 44.8 Å². The van der Waals surface area contributed by atoms with E-state index >= 15 is 0 Å². The molecule has 0 saturated heterocycles. The Morgan fingerprint density at radius 2 is 2.00 bits per heavy atom. The number of anilines is 1. The Labute approximate surface area is 112 Å². The van der Waals surface area contributed by atoms with Crippen LogP contribution in [-0.2, 0) is 10.3 Å². The monoisotopic (exact) mass is 265 g/mol. The van der Waals surface area contributed by atoms with Crippen LogP contribution in [0.3, 0.4) is 0 Å². The molecule has 19 heavy (non-hydrogen) atoms. The van der Waals surface area contributed by atoms with E-state index in [2.05, 4.69) is 5.32 Å². The standard InChI is InChI=1S/C14H19NO4/c1-13(2,3)19-12(17)15-11-9(14(18)7-8-14)5-4-6-10(11)16/h4-6,16,18H,7-8H2,1-3H3,(H,15,17). The molecule has 0 aromatic heterocycles. The Kier molecular flexibility index (Phi) is 3.18. The quantitative estimate of drug-likeness (QED) is 0.718. The maximum atomic E-state index is 11.8. The van der Waals surface area contributed by atoms with Crippen LogP contribution in [0.1, 0.15) is 39.2 Å². The molecule has 3 N–H and O–H groups in total. The topological polar surface area (TPSA) is 78.8 Å². The summed E-state index contributed by atoms with van der Waals surface area (Å²) in [4.78, 5) is 11.8. The van der Waals surface area contributed by atoms with Gasteiger partial charge in [0.15, 0.2) is 0 Å². The van der Waals surface area contributed by atoms with Crippen LogP contribution >= 0.6 is 0 Å². The number of amides is 1. The molecule has 2 rings (SSSR count). The number of benzene rings is 1. The molecule has 1 fully saturated rings. The summed E-state index contributed by atoms with van der Waals surface area (Å²) in [5.41, 5.74) is -0.816. The molecule has 0 heterocycles. The third-order valence-corrected chi connectivity index (χ3v) is 2.89. The minimum atomic E-state index is -0.941. The zero-order chi connectivity index (χ0) is 14.3. The van der Waals surface area contributed by atoms with Crippen LogP contribution in [0, 0.1) is 0 Å². The van der Waals surface area contributed by atoms with Crippen LogP contribution in [-0.4, -0.2) is 21.9 Å². The molecule has 0 aliphatic heterocycles. The summed E-state index contributed by atoms with van der Waals surface area (Å²) in [7, 11) is 0. The normalized spacial score (nSPS) is 16.8. The number of phenols is 1.